The van der Waals surface area contributed by atoms with Crippen LogP contribution in [0.15, 0.2) is 24.3 Å². The largest absolute Gasteiger partial charge is 0.372 e. The summed E-state index contributed by atoms with van der Waals surface area (Å²) in [6.07, 6.45) is 5.20. The van der Waals surface area contributed by atoms with Gasteiger partial charge in [0.15, 0.2) is 0 Å². The Bertz CT molecular complexity index is 360. The molecule has 1 aliphatic carbocycles. The maximum absolute atomic E-state index is 6.04. The molecule has 1 saturated carbocycles. The van der Waals surface area contributed by atoms with Crippen molar-refractivity contribution in [3.8, 4) is 0 Å². The van der Waals surface area contributed by atoms with Crippen LogP contribution in [-0.2, 0) is 4.74 Å². The average Bonchev–Trinajstić information content (AvgIpc) is 3.17. The topological polar surface area (TPSA) is 21.3 Å². The predicted octanol–water partition coefficient (Wildman–Crippen LogP) is 3.60. The van der Waals surface area contributed by atoms with E-state index in [0.717, 1.165) is 25.6 Å². The summed E-state index contributed by atoms with van der Waals surface area (Å²) in [4.78, 5) is 0. The molecule has 2 heteroatoms. The fourth-order valence-electron chi connectivity index (χ4n) is 2.07. The Labute approximate surface area is 111 Å². The number of hydrogen-bond acceptors (Lipinski definition) is 2. The van der Waals surface area contributed by atoms with E-state index in [1.165, 1.54) is 30.4 Å². The lowest BCUT2D eigenvalue weighted by Gasteiger charge is -2.19. The second-order valence-electron chi connectivity index (χ2n) is 5.31. The molecule has 0 saturated heterocycles. The number of nitrogens with one attached hydrogen (secondary N) is 1. The molecule has 1 aromatic rings. The lowest BCUT2D eigenvalue weighted by molar-refractivity contribution is 0.0503. The van der Waals surface area contributed by atoms with Crippen molar-refractivity contribution in [2.45, 2.75) is 51.7 Å². The average molecular weight is 247 g/mol. The van der Waals surface area contributed by atoms with E-state index in [0.29, 0.717) is 0 Å². The molecule has 0 aromatic heterocycles. The quantitative estimate of drug-likeness (QED) is 0.709. The first kappa shape index (κ1) is 13.6. The van der Waals surface area contributed by atoms with Crippen LogP contribution in [0.2, 0.25) is 0 Å². The highest BCUT2D eigenvalue weighted by atomic mass is 16.5. The molecule has 0 radical (unpaired) electrons. The number of hydrogen-bond donors (Lipinski definition) is 1. The van der Waals surface area contributed by atoms with Crippen LogP contribution < -0.4 is 5.32 Å². The van der Waals surface area contributed by atoms with E-state index in [1.807, 2.05) is 0 Å². The zero-order valence-electron chi connectivity index (χ0n) is 11.6. The Morgan fingerprint density at radius 3 is 2.89 bits per heavy atom. The van der Waals surface area contributed by atoms with Gasteiger partial charge in [-0.05, 0) is 31.7 Å². The van der Waals surface area contributed by atoms with E-state index in [1.54, 1.807) is 0 Å². The molecular formula is C16H25NO. The summed E-state index contributed by atoms with van der Waals surface area (Å²) in [5, 5.41) is 3.58. The highest BCUT2D eigenvalue weighted by molar-refractivity contribution is 5.24. The van der Waals surface area contributed by atoms with Crippen molar-refractivity contribution in [2.24, 2.45) is 0 Å². The smallest absolute Gasteiger partial charge is 0.0949 e. The molecule has 1 unspecified atom stereocenters. The number of unbranched alkanes of at least 4 members (excludes halogenated alkanes) is 1. The van der Waals surface area contributed by atoms with E-state index < -0.39 is 0 Å². The van der Waals surface area contributed by atoms with Crippen LogP contribution in [0.25, 0.3) is 0 Å². The molecule has 1 aromatic carbocycles. The van der Waals surface area contributed by atoms with Crippen molar-refractivity contribution in [3.63, 3.8) is 0 Å². The molecule has 18 heavy (non-hydrogen) atoms. The molecule has 1 aliphatic rings. The first-order valence-electron chi connectivity index (χ1n) is 7.21. The monoisotopic (exact) mass is 247 g/mol. The van der Waals surface area contributed by atoms with Gasteiger partial charge in [-0.3, -0.25) is 0 Å². The predicted molar refractivity (Wildman–Crippen MR) is 75.8 cm³/mol. The molecule has 0 aliphatic heterocycles. The van der Waals surface area contributed by atoms with Crippen molar-refractivity contribution in [1.82, 2.24) is 5.32 Å². The summed E-state index contributed by atoms with van der Waals surface area (Å²) in [7, 11) is 0. The highest BCUT2D eigenvalue weighted by Gasteiger charge is 2.22. The Kier molecular flexibility index (Phi) is 5.21. The van der Waals surface area contributed by atoms with Crippen LogP contribution in [0.4, 0.5) is 0 Å². The van der Waals surface area contributed by atoms with Gasteiger partial charge in [-0.25, -0.2) is 0 Å². The van der Waals surface area contributed by atoms with E-state index in [2.05, 4.69) is 43.4 Å². The van der Waals surface area contributed by atoms with Gasteiger partial charge in [0.25, 0.3) is 0 Å². The van der Waals surface area contributed by atoms with Gasteiger partial charge in [0.2, 0.25) is 0 Å². The normalized spacial score (nSPS) is 16.8. The lowest BCUT2D eigenvalue weighted by Crippen LogP contribution is -2.25. The van der Waals surface area contributed by atoms with E-state index in [-0.39, 0.29) is 6.10 Å². The van der Waals surface area contributed by atoms with Gasteiger partial charge in [0.05, 0.1) is 6.10 Å². The Hall–Kier alpha value is -0.860. The summed E-state index contributed by atoms with van der Waals surface area (Å²) in [6.45, 7) is 6.15. The van der Waals surface area contributed by atoms with Gasteiger partial charge in [0, 0.05) is 19.2 Å². The fraction of sp³-hybridized carbons (Fsp3) is 0.625. The SMILES string of the molecule is CCCCOC(CNC1CC1)c1cccc(C)c1. The molecule has 0 amide bonds. The maximum atomic E-state index is 6.04. The van der Waals surface area contributed by atoms with Gasteiger partial charge >= 0.3 is 0 Å². The van der Waals surface area contributed by atoms with Crippen LogP contribution in [0.3, 0.4) is 0 Å². The second-order valence-corrected chi connectivity index (χ2v) is 5.31. The standard InChI is InChI=1S/C16H25NO/c1-3-4-10-18-16(12-17-15-8-9-15)14-7-5-6-13(2)11-14/h5-7,11,15-17H,3-4,8-10,12H2,1-2H3. The van der Waals surface area contributed by atoms with Crippen molar-refractivity contribution >= 4 is 0 Å². The number of rotatable bonds is 8. The molecule has 1 N–H and O–H groups in total. The Morgan fingerprint density at radius 1 is 1.39 bits per heavy atom. The van der Waals surface area contributed by atoms with Crippen LogP contribution in [0.1, 0.15) is 49.8 Å². The molecule has 2 rings (SSSR count). The summed E-state index contributed by atoms with van der Waals surface area (Å²) >= 11 is 0. The minimum atomic E-state index is 0.206. The van der Waals surface area contributed by atoms with Gasteiger partial charge in [-0.2, -0.15) is 0 Å². The Morgan fingerprint density at radius 2 is 2.22 bits per heavy atom. The Balaban J connectivity index is 1.92. The van der Waals surface area contributed by atoms with E-state index in [4.69, 9.17) is 4.74 Å². The summed E-state index contributed by atoms with van der Waals surface area (Å²) < 4.78 is 6.04. The van der Waals surface area contributed by atoms with Crippen molar-refractivity contribution in [1.29, 1.82) is 0 Å². The first-order valence-corrected chi connectivity index (χ1v) is 7.21. The summed E-state index contributed by atoms with van der Waals surface area (Å²) in [6, 6.07) is 9.43. The third-order valence-electron chi connectivity index (χ3n) is 3.40. The van der Waals surface area contributed by atoms with Crippen molar-refractivity contribution in [3.05, 3.63) is 35.4 Å². The zero-order valence-corrected chi connectivity index (χ0v) is 11.6. The molecule has 1 atom stereocenters. The van der Waals surface area contributed by atoms with Gasteiger partial charge in [0.1, 0.15) is 0 Å². The lowest BCUT2D eigenvalue weighted by atomic mass is 10.1. The minimum absolute atomic E-state index is 0.206. The van der Waals surface area contributed by atoms with Crippen LogP contribution in [0, 0.1) is 6.92 Å². The minimum Gasteiger partial charge on any atom is -0.372 e. The molecule has 2 nitrogen and oxygen atoms in total. The molecular weight excluding hydrogens is 222 g/mol. The summed E-state index contributed by atoms with van der Waals surface area (Å²) in [5.41, 5.74) is 2.61. The maximum Gasteiger partial charge on any atom is 0.0949 e. The molecule has 0 heterocycles. The van der Waals surface area contributed by atoms with Crippen LogP contribution in [0.5, 0.6) is 0 Å². The van der Waals surface area contributed by atoms with E-state index in [9.17, 15) is 0 Å². The van der Waals surface area contributed by atoms with Gasteiger partial charge in [-0.15, -0.1) is 0 Å². The van der Waals surface area contributed by atoms with Crippen molar-refractivity contribution in [2.75, 3.05) is 13.2 Å². The number of aryl methyl sites for hydroxylation is 1. The third-order valence-corrected chi connectivity index (χ3v) is 3.40. The fourth-order valence-corrected chi connectivity index (χ4v) is 2.07. The van der Waals surface area contributed by atoms with E-state index >= 15 is 0 Å². The molecule has 0 bridgehead atoms. The van der Waals surface area contributed by atoms with Gasteiger partial charge in [-0.1, -0.05) is 43.2 Å². The highest BCUT2D eigenvalue weighted by Crippen LogP contribution is 2.22. The number of benzene rings is 1. The summed E-state index contributed by atoms with van der Waals surface area (Å²) in [5.74, 6) is 0. The molecule has 1 fully saturated rings. The zero-order chi connectivity index (χ0) is 12.8. The van der Waals surface area contributed by atoms with Gasteiger partial charge < -0.3 is 10.1 Å². The van der Waals surface area contributed by atoms with Crippen LogP contribution >= 0.6 is 0 Å². The third kappa shape index (κ3) is 4.43. The number of ether oxygens (including phenoxy) is 1. The second kappa shape index (κ2) is 6.91. The first-order chi connectivity index (χ1) is 8.79. The molecule has 100 valence electrons. The molecule has 0 spiro atoms. The van der Waals surface area contributed by atoms with Crippen LogP contribution in [-0.4, -0.2) is 19.2 Å². The van der Waals surface area contributed by atoms with Crippen molar-refractivity contribution < 1.29 is 4.74 Å².